The van der Waals surface area contributed by atoms with Gasteiger partial charge in [-0.3, -0.25) is 4.79 Å². The summed E-state index contributed by atoms with van der Waals surface area (Å²) in [6.45, 7) is 17.1. The quantitative estimate of drug-likeness (QED) is 0.631. The summed E-state index contributed by atoms with van der Waals surface area (Å²) in [5, 5.41) is 0. The lowest BCUT2D eigenvalue weighted by Crippen LogP contribution is -2.24. The standard InChI is InChI=1S/C14H28OS2/c1-12(2,3)11(15)9-10-14(7,8)17-16-13(4,5)6/h9-10H2,1-8H3. The molecule has 0 heterocycles. The lowest BCUT2D eigenvalue weighted by atomic mass is 9.87. The van der Waals surface area contributed by atoms with Gasteiger partial charge in [-0.2, -0.15) is 0 Å². The van der Waals surface area contributed by atoms with Crippen LogP contribution in [0.3, 0.4) is 0 Å². The second-order valence-corrected chi connectivity index (χ2v) is 10.9. The van der Waals surface area contributed by atoms with E-state index in [0.29, 0.717) is 12.2 Å². The Labute approximate surface area is 115 Å². The molecule has 0 N–H and O–H groups in total. The van der Waals surface area contributed by atoms with E-state index in [0.717, 1.165) is 6.42 Å². The van der Waals surface area contributed by atoms with Gasteiger partial charge in [0.1, 0.15) is 5.78 Å². The maximum atomic E-state index is 11.9. The van der Waals surface area contributed by atoms with Crippen LogP contribution in [0.4, 0.5) is 0 Å². The number of hydrogen-bond acceptors (Lipinski definition) is 3. The highest BCUT2D eigenvalue weighted by Crippen LogP contribution is 2.45. The van der Waals surface area contributed by atoms with Crippen molar-refractivity contribution in [2.75, 3.05) is 0 Å². The number of carbonyl (C=O) groups excluding carboxylic acids is 1. The summed E-state index contributed by atoms with van der Waals surface area (Å²) in [5.41, 5.74) is -0.197. The van der Waals surface area contributed by atoms with Gasteiger partial charge >= 0.3 is 0 Å². The van der Waals surface area contributed by atoms with Crippen LogP contribution in [0.1, 0.15) is 68.2 Å². The summed E-state index contributed by atoms with van der Waals surface area (Å²) in [7, 11) is 3.81. The largest absolute Gasteiger partial charge is 0.299 e. The highest BCUT2D eigenvalue weighted by atomic mass is 33.1. The van der Waals surface area contributed by atoms with E-state index in [1.165, 1.54) is 0 Å². The first-order valence-electron chi connectivity index (χ1n) is 6.24. The van der Waals surface area contributed by atoms with Crippen LogP contribution in [-0.4, -0.2) is 15.3 Å². The van der Waals surface area contributed by atoms with E-state index >= 15 is 0 Å². The Balaban J connectivity index is 4.15. The Hall–Kier alpha value is 0.370. The molecular weight excluding hydrogens is 248 g/mol. The van der Waals surface area contributed by atoms with Gasteiger partial charge in [0.25, 0.3) is 0 Å². The zero-order valence-electron chi connectivity index (χ0n) is 12.6. The molecule has 0 aromatic carbocycles. The van der Waals surface area contributed by atoms with Crippen molar-refractivity contribution in [3.63, 3.8) is 0 Å². The third kappa shape index (κ3) is 9.01. The average molecular weight is 277 g/mol. The van der Waals surface area contributed by atoms with Gasteiger partial charge in [-0.05, 0) is 20.3 Å². The molecule has 0 aliphatic heterocycles. The van der Waals surface area contributed by atoms with Crippen molar-refractivity contribution in [3.8, 4) is 0 Å². The molecule has 3 heteroatoms. The second-order valence-electron chi connectivity index (χ2n) is 7.21. The SMILES string of the molecule is CC(C)(C)SSC(C)(C)CCC(=O)C(C)(C)C. The average Bonchev–Trinajstić information content (AvgIpc) is 2.09. The highest BCUT2D eigenvalue weighted by molar-refractivity contribution is 8.77. The number of Topliss-reactive ketones (excluding diaryl/α,β-unsaturated/α-hetero) is 1. The molecule has 0 unspecified atom stereocenters. The molecule has 0 saturated carbocycles. The molecule has 102 valence electrons. The summed E-state index contributed by atoms with van der Waals surface area (Å²) < 4.78 is 0.439. The molecule has 0 aromatic heterocycles. The van der Waals surface area contributed by atoms with Crippen LogP contribution in [0, 0.1) is 5.41 Å². The number of carbonyl (C=O) groups is 1. The molecule has 0 aromatic rings. The van der Waals surface area contributed by atoms with Gasteiger partial charge in [-0.1, -0.05) is 63.1 Å². The van der Waals surface area contributed by atoms with E-state index in [1.807, 2.05) is 42.4 Å². The van der Waals surface area contributed by atoms with Crippen molar-refractivity contribution in [1.82, 2.24) is 0 Å². The fraction of sp³-hybridized carbons (Fsp3) is 0.929. The summed E-state index contributed by atoms with van der Waals surface area (Å²) in [5.74, 6) is 0.368. The minimum absolute atomic E-state index is 0.166. The van der Waals surface area contributed by atoms with Gasteiger partial charge in [0.2, 0.25) is 0 Å². The molecule has 17 heavy (non-hydrogen) atoms. The summed E-state index contributed by atoms with van der Waals surface area (Å²) in [6, 6.07) is 0. The Kier molecular flexibility index (Phi) is 6.14. The first kappa shape index (κ1) is 17.4. The fourth-order valence-electron chi connectivity index (χ4n) is 1.07. The van der Waals surface area contributed by atoms with Crippen LogP contribution in [0.5, 0.6) is 0 Å². The topological polar surface area (TPSA) is 17.1 Å². The van der Waals surface area contributed by atoms with Crippen LogP contribution >= 0.6 is 21.6 Å². The minimum atomic E-state index is -0.197. The van der Waals surface area contributed by atoms with Crippen molar-refractivity contribution in [2.45, 2.75) is 77.7 Å². The zero-order chi connectivity index (χ0) is 13.9. The lowest BCUT2D eigenvalue weighted by Gasteiger charge is -2.28. The van der Waals surface area contributed by atoms with Crippen LogP contribution in [-0.2, 0) is 4.79 Å². The van der Waals surface area contributed by atoms with E-state index in [-0.39, 0.29) is 14.9 Å². The molecule has 0 aliphatic rings. The molecule has 1 nitrogen and oxygen atoms in total. The Morgan fingerprint density at radius 2 is 1.35 bits per heavy atom. The minimum Gasteiger partial charge on any atom is -0.299 e. The smallest absolute Gasteiger partial charge is 0.138 e. The predicted molar refractivity (Wildman–Crippen MR) is 82.7 cm³/mol. The van der Waals surface area contributed by atoms with Gasteiger partial charge in [0, 0.05) is 21.3 Å². The van der Waals surface area contributed by atoms with Crippen molar-refractivity contribution in [3.05, 3.63) is 0 Å². The van der Waals surface area contributed by atoms with Gasteiger partial charge in [0.05, 0.1) is 0 Å². The van der Waals surface area contributed by atoms with Crippen molar-refractivity contribution in [2.24, 2.45) is 5.41 Å². The van der Waals surface area contributed by atoms with Crippen molar-refractivity contribution >= 4 is 27.4 Å². The van der Waals surface area contributed by atoms with Gasteiger partial charge in [-0.15, -0.1) is 0 Å². The predicted octanol–water partition coefficient (Wildman–Crippen LogP) is 5.34. The first-order chi connectivity index (χ1) is 7.33. The normalized spacial score (nSPS) is 13.9. The zero-order valence-corrected chi connectivity index (χ0v) is 14.3. The monoisotopic (exact) mass is 276 g/mol. The first-order valence-corrected chi connectivity index (χ1v) is 8.39. The second kappa shape index (κ2) is 6.01. The Morgan fingerprint density at radius 1 is 0.882 bits per heavy atom. The molecule has 0 bridgehead atoms. The molecular formula is C14H28OS2. The van der Waals surface area contributed by atoms with Gasteiger partial charge in [-0.25, -0.2) is 0 Å². The summed E-state index contributed by atoms with van der Waals surface area (Å²) in [4.78, 5) is 11.9. The molecule has 0 spiro atoms. The van der Waals surface area contributed by atoms with Crippen molar-refractivity contribution in [1.29, 1.82) is 0 Å². The maximum Gasteiger partial charge on any atom is 0.138 e. The fourth-order valence-corrected chi connectivity index (χ4v) is 3.41. The molecule has 0 fully saturated rings. The Morgan fingerprint density at radius 3 is 1.71 bits per heavy atom. The number of ketones is 1. The number of rotatable bonds is 5. The lowest BCUT2D eigenvalue weighted by molar-refractivity contribution is -0.126. The number of hydrogen-bond donors (Lipinski definition) is 0. The van der Waals surface area contributed by atoms with Crippen LogP contribution in [0.15, 0.2) is 0 Å². The van der Waals surface area contributed by atoms with Crippen molar-refractivity contribution < 1.29 is 4.79 Å². The van der Waals surface area contributed by atoms with E-state index in [9.17, 15) is 4.79 Å². The molecule has 0 amide bonds. The summed E-state index contributed by atoms with van der Waals surface area (Å²) >= 11 is 0. The van der Waals surface area contributed by atoms with E-state index in [2.05, 4.69) is 34.6 Å². The van der Waals surface area contributed by atoms with Crippen LogP contribution < -0.4 is 0 Å². The molecule has 0 aliphatic carbocycles. The van der Waals surface area contributed by atoms with Crippen LogP contribution in [0.2, 0.25) is 0 Å². The van der Waals surface area contributed by atoms with Gasteiger partial charge in [0.15, 0.2) is 0 Å². The maximum absolute atomic E-state index is 11.9. The highest BCUT2D eigenvalue weighted by Gasteiger charge is 2.27. The van der Waals surface area contributed by atoms with Gasteiger partial charge < -0.3 is 0 Å². The summed E-state index contributed by atoms with van der Waals surface area (Å²) in [6.07, 6.45) is 1.64. The van der Waals surface area contributed by atoms with E-state index in [4.69, 9.17) is 0 Å². The van der Waals surface area contributed by atoms with E-state index < -0.39 is 0 Å². The molecule has 0 radical (unpaired) electrons. The third-order valence-electron chi connectivity index (χ3n) is 2.31. The molecule has 0 rings (SSSR count). The van der Waals surface area contributed by atoms with Crippen LogP contribution in [0.25, 0.3) is 0 Å². The molecule has 0 atom stereocenters. The molecule has 0 saturated heterocycles. The Bertz CT molecular complexity index is 256. The van der Waals surface area contributed by atoms with E-state index in [1.54, 1.807) is 0 Å². The third-order valence-corrected chi connectivity index (χ3v) is 6.65.